The Hall–Kier alpha value is -0.610. The van der Waals surface area contributed by atoms with Gasteiger partial charge in [-0.2, -0.15) is 0 Å². The Bertz CT molecular complexity index is 197. The van der Waals surface area contributed by atoms with Crippen LogP contribution in [0.4, 0.5) is 0 Å². The third kappa shape index (κ3) is 3.27. The van der Waals surface area contributed by atoms with E-state index in [9.17, 15) is 4.79 Å². The Balaban J connectivity index is 2.17. The van der Waals surface area contributed by atoms with Gasteiger partial charge >= 0.3 is 0 Å². The topological polar surface area (TPSA) is 43.8 Å². The van der Waals surface area contributed by atoms with Gasteiger partial charge in [0.05, 0.1) is 0 Å². The molecule has 1 aliphatic rings. The van der Waals surface area contributed by atoms with Gasteiger partial charge in [-0.1, -0.05) is 0 Å². The number of amides is 1. The van der Waals surface area contributed by atoms with E-state index in [0.29, 0.717) is 5.92 Å². The Labute approximate surface area is 85.5 Å². The number of carbonyl (C=O) groups is 1. The van der Waals surface area contributed by atoms with Crippen LogP contribution in [0.15, 0.2) is 0 Å². The van der Waals surface area contributed by atoms with Crippen molar-refractivity contribution < 1.29 is 9.90 Å². The molecule has 4 heteroatoms. The van der Waals surface area contributed by atoms with Crippen molar-refractivity contribution in [1.82, 2.24) is 9.80 Å². The van der Waals surface area contributed by atoms with Crippen molar-refractivity contribution >= 4 is 5.91 Å². The lowest BCUT2D eigenvalue weighted by molar-refractivity contribution is -0.132. The summed E-state index contributed by atoms with van der Waals surface area (Å²) in [7, 11) is 3.87. The quantitative estimate of drug-likeness (QED) is 0.682. The summed E-state index contributed by atoms with van der Waals surface area (Å²) in [5, 5.41) is 8.64. The first-order valence-corrected chi connectivity index (χ1v) is 5.17. The fourth-order valence-electron chi connectivity index (χ4n) is 1.88. The van der Waals surface area contributed by atoms with E-state index in [2.05, 4.69) is 11.9 Å². The fraction of sp³-hybridized carbons (Fsp3) is 0.900. The predicted molar refractivity (Wildman–Crippen MR) is 54.9 cm³/mol. The van der Waals surface area contributed by atoms with Crippen LogP contribution in [0.3, 0.4) is 0 Å². The average Bonchev–Trinajstić information content (AvgIpc) is 2.59. The maximum absolute atomic E-state index is 11.0. The first kappa shape index (κ1) is 11.5. The average molecular weight is 200 g/mol. The second-order valence-electron chi connectivity index (χ2n) is 4.18. The Kier molecular flexibility index (Phi) is 4.35. The smallest absolute Gasteiger partial charge is 0.248 e. The molecule has 14 heavy (non-hydrogen) atoms. The molecule has 1 rings (SSSR count). The van der Waals surface area contributed by atoms with Crippen molar-refractivity contribution in [3.05, 3.63) is 0 Å². The summed E-state index contributed by atoms with van der Waals surface area (Å²) in [5.41, 5.74) is 0. The van der Waals surface area contributed by atoms with Crippen LogP contribution in [-0.2, 0) is 4.79 Å². The number of hydrogen-bond acceptors (Lipinski definition) is 3. The molecule has 0 aromatic rings. The van der Waals surface area contributed by atoms with E-state index in [1.165, 1.54) is 13.0 Å². The van der Waals surface area contributed by atoms with Crippen molar-refractivity contribution in [2.24, 2.45) is 5.92 Å². The van der Waals surface area contributed by atoms with Crippen LogP contribution in [0, 0.1) is 5.92 Å². The third-order valence-electron chi connectivity index (χ3n) is 2.92. The maximum atomic E-state index is 11.0. The maximum Gasteiger partial charge on any atom is 0.248 e. The molecule has 1 amide bonds. The molecule has 1 N–H and O–H groups in total. The summed E-state index contributed by atoms with van der Waals surface area (Å²) in [4.78, 5) is 15.0. The van der Waals surface area contributed by atoms with Gasteiger partial charge in [-0.25, -0.2) is 0 Å². The third-order valence-corrected chi connectivity index (χ3v) is 2.92. The number of aliphatic hydroxyl groups excluding tert-OH is 1. The van der Waals surface area contributed by atoms with Crippen LogP contribution in [0.1, 0.15) is 12.8 Å². The molecule has 0 spiro atoms. The Morgan fingerprint density at radius 2 is 2.36 bits per heavy atom. The van der Waals surface area contributed by atoms with Gasteiger partial charge in [0.25, 0.3) is 0 Å². The minimum atomic E-state index is -0.374. The van der Waals surface area contributed by atoms with Crippen LogP contribution in [0.5, 0.6) is 0 Å². The monoisotopic (exact) mass is 200 g/mol. The molecule has 1 aliphatic heterocycles. The molecule has 0 bridgehead atoms. The molecule has 1 atom stereocenters. The number of aliphatic hydroxyl groups is 1. The molecule has 0 radical (unpaired) electrons. The van der Waals surface area contributed by atoms with Gasteiger partial charge in [0.1, 0.15) is 6.61 Å². The molecule has 0 aromatic carbocycles. The van der Waals surface area contributed by atoms with E-state index in [4.69, 9.17) is 5.11 Å². The normalized spacial score (nSPS) is 22.6. The number of likely N-dealkylation sites (N-methyl/N-ethyl adjacent to an activating group) is 1. The van der Waals surface area contributed by atoms with Gasteiger partial charge in [0, 0.05) is 20.1 Å². The van der Waals surface area contributed by atoms with E-state index in [1.807, 2.05) is 0 Å². The lowest BCUT2D eigenvalue weighted by atomic mass is 10.1. The highest BCUT2D eigenvalue weighted by Crippen LogP contribution is 2.17. The van der Waals surface area contributed by atoms with Gasteiger partial charge in [-0.3, -0.25) is 4.79 Å². The van der Waals surface area contributed by atoms with Crippen LogP contribution in [0.2, 0.25) is 0 Å². The molecular formula is C10H20N2O2. The number of nitrogens with zero attached hydrogens (tertiary/aromatic N) is 2. The van der Waals surface area contributed by atoms with E-state index in [0.717, 1.165) is 19.5 Å². The highest BCUT2D eigenvalue weighted by molar-refractivity contribution is 5.76. The summed E-state index contributed by atoms with van der Waals surface area (Å²) < 4.78 is 0. The first-order valence-electron chi connectivity index (χ1n) is 5.17. The second kappa shape index (κ2) is 5.32. The van der Waals surface area contributed by atoms with Crippen molar-refractivity contribution in [2.45, 2.75) is 12.8 Å². The molecule has 0 aliphatic carbocycles. The van der Waals surface area contributed by atoms with E-state index in [1.54, 1.807) is 11.9 Å². The van der Waals surface area contributed by atoms with Crippen LogP contribution >= 0.6 is 0 Å². The number of carbonyl (C=O) groups excluding carboxylic acids is 1. The van der Waals surface area contributed by atoms with Crippen molar-refractivity contribution in [3.8, 4) is 0 Å². The lowest BCUT2D eigenvalue weighted by Crippen LogP contribution is -2.31. The van der Waals surface area contributed by atoms with Crippen LogP contribution in [0.25, 0.3) is 0 Å². The van der Waals surface area contributed by atoms with Crippen molar-refractivity contribution in [3.63, 3.8) is 0 Å². The minimum Gasteiger partial charge on any atom is -0.387 e. The number of likely N-dealkylation sites (tertiary alicyclic amines) is 1. The highest BCUT2D eigenvalue weighted by atomic mass is 16.3. The van der Waals surface area contributed by atoms with E-state index in [-0.39, 0.29) is 12.5 Å². The first-order chi connectivity index (χ1) is 6.63. The molecule has 1 saturated heterocycles. The molecule has 0 saturated carbocycles. The van der Waals surface area contributed by atoms with Gasteiger partial charge in [-0.15, -0.1) is 0 Å². The molecule has 1 unspecified atom stereocenters. The Morgan fingerprint density at radius 3 is 2.86 bits per heavy atom. The highest BCUT2D eigenvalue weighted by Gasteiger charge is 2.20. The SMILES string of the molecule is CN1CCC(CCN(C)C(=O)CO)C1. The predicted octanol–water partition coefficient (Wildman–Crippen LogP) is -0.221. The van der Waals surface area contributed by atoms with Crippen molar-refractivity contribution in [2.75, 3.05) is 40.3 Å². The molecular weight excluding hydrogens is 180 g/mol. The molecule has 0 aromatic heterocycles. The fourth-order valence-corrected chi connectivity index (χ4v) is 1.88. The number of rotatable bonds is 4. The second-order valence-corrected chi connectivity index (χ2v) is 4.18. The number of hydrogen-bond donors (Lipinski definition) is 1. The minimum absolute atomic E-state index is 0.184. The van der Waals surface area contributed by atoms with Gasteiger partial charge < -0.3 is 14.9 Å². The summed E-state index contributed by atoms with van der Waals surface area (Å²) in [6.07, 6.45) is 2.28. The summed E-state index contributed by atoms with van der Waals surface area (Å²) in [6, 6.07) is 0. The van der Waals surface area contributed by atoms with Crippen LogP contribution < -0.4 is 0 Å². The zero-order chi connectivity index (χ0) is 10.6. The zero-order valence-electron chi connectivity index (χ0n) is 9.07. The standard InChI is InChI=1S/C10H20N2O2/c1-11-5-3-9(7-11)4-6-12(2)10(14)8-13/h9,13H,3-8H2,1-2H3. The Morgan fingerprint density at radius 1 is 1.64 bits per heavy atom. The van der Waals surface area contributed by atoms with Gasteiger partial charge in [-0.05, 0) is 32.4 Å². The van der Waals surface area contributed by atoms with E-state index < -0.39 is 0 Å². The van der Waals surface area contributed by atoms with Crippen molar-refractivity contribution in [1.29, 1.82) is 0 Å². The molecule has 4 nitrogen and oxygen atoms in total. The lowest BCUT2D eigenvalue weighted by Gasteiger charge is -2.18. The zero-order valence-corrected chi connectivity index (χ0v) is 9.07. The van der Waals surface area contributed by atoms with Gasteiger partial charge in [0.2, 0.25) is 5.91 Å². The molecule has 82 valence electrons. The van der Waals surface area contributed by atoms with E-state index >= 15 is 0 Å². The van der Waals surface area contributed by atoms with Gasteiger partial charge in [0.15, 0.2) is 0 Å². The largest absolute Gasteiger partial charge is 0.387 e. The summed E-state index contributed by atoms with van der Waals surface area (Å²) in [6.45, 7) is 2.70. The summed E-state index contributed by atoms with van der Waals surface area (Å²) >= 11 is 0. The van der Waals surface area contributed by atoms with Crippen LogP contribution in [-0.4, -0.2) is 61.2 Å². The molecule has 1 fully saturated rings. The summed E-state index contributed by atoms with van der Waals surface area (Å²) in [5.74, 6) is 0.533. The molecule has 1 heterocycles.